The lowest BCUT2D eigenvalue weighted by atomic mass is 10.0. The van der Waals surface area contributed by atoms with Gasteiger partial charge in [0.15, 0.2) is 0 Å². The maximum absolute atomic E-state index is 11.8. The Hall–Kier alpha value is -1.77. The summed E-state index contributed by atoms with van der Waals surface area (Å²) < 4.78 is 0. The third kappa shape index (κ3) is 4.92. The van der Waals surface area contributed by atoms with Gasteiger partial charge in [-0.15, -0.1) is 0 Å². The third-order valence-electron chi connectivity index (χ3n) is 3.61. The fourth-order valence-electron chi connectivity index (χ4n) is 2.27. The normalized spacial score (nSPS) is 12.3. The standard InChI is InChI=1S/C18H27NO2/c1-5-7-8-10-13(3)11-12-16-15(9-6-2)17(20)14(4)18(21)19-16/h7-8,11H,5-6,9-10,12H2,1-4H3,(H2,19,20,21)/b8-7+,13-11+. The van der Waals surface area contributed by atoms with E-state index in [4.69, 9.17) is 0 Å². The van der Waals surface area contributed by atoms with Gasteiger partial charge in [-0.05, 0) is 33.1 Å². The van der Waals surface area contributed by atoms with Gasteiger partial charge in [0.25, 0.3) is 5.56 Å². The van der Waals surface area contributed by atoms with Crippen LogP contribution in [0.2, 0.25) is 0 Å². The third-order valence-corrected chi connectivity index (χ3v) is 3.61. The van der Waals surface area contributed by atoms with Gasteiger partial charge in [0.1, 0.15) is 5.75 Å². The summed E-state index contributed by atoms with van der Waals surface area (Å²) in [6, 6.07) is 0. The maximum atomic E-state index is 11.8. The molecule has 0 aromatic carbocycles. The number of aromatic nitrogens is 1. The van der Waals surface area contributed by atoms with Crippen molar-refractivity contribution in [2.24, 2.45) is 0 Å². The van der Waals surface area contributed by atoms with Crippen molar-refractivity contribution in [2.75, 3.05) is 0 Å². The van der Waals surface area contributed by atoms with Gasteiger partial charge >= 0.3 is 0 Å². The average Bonchev–Trinajstić information content (AvgIpc) is 2.46. The molecule has 0 fully saturated rings. The summed E-state index contributed by atoms with van der Waals surface area (Å²) in [5.74, 6) is 0.160. The summed E-state index contributed by atoms with van der Waals surface area (Å²) in [6.45, 7) is 7.94. The molecule has 0 saturated carbocycles. The fraction of sp³-hybridized carbons (Fsp3) is 0.500. The molecule has 3 nitrogen and oxygen atoms in total. The largest absolute Gasteiger partial charge is 0.507 e. The molecule has 0 saturated heterocycles. The highest BCUT2D eigenvalue weighted by Crippen LogP contribution is 2.23. The zero-order chi connectivity index (χ0) is 15.8. The first-order valence-electron chi connectivity index (χ1n) is 7.75. The highest BCUT2D eigenvalue weighted by molar-refractivity contribution is 5.41. The molecule has 3 heteroatoms. The molecule has 116 valence electrons. The van der Waals surface area contributed by atoms with Crippen LogP contribution < -0.4 is 5.56 Å². The van der Waals surface area contributed by atoms with E-state index in [-0.39, 0.29) is 11.3 Å². The van der Waals surface area contributed by atoms with Crippen molar-refractivity contribution in [3.8, 4) is 5.75 Å². The Morgan fingerprint density at radius 1 is 1.29 bits per heavy atom. The number of pyridine rings is 1. The Labute approximate surface area is 127 Å². The first-order valence-corrected chi connectivity index (χ1v) is 7.75. The number of rotatable bonds is 7. The Kier molecular flexibility index (Phi) is 7.00. The minimum atomic E-state index is -0.195. The SMILES string of the molecule is CC/C=C/C/C(C)=C/Cc1[nH]c(=O)c(C)c(O)c1CCC. The van der Waals surface area contributed by atoms with E-state index in [9.17, 15) is 9.90 Å². The van der Waals surface area contributed by atoms with E-state index in [1.807, 2.05) is 0 Å². The molecule has 1 rings (SSSR count). The molecule has 0 atom stereocenters. The summed E-state index contributed by atoms with van der Waals surface area (Å²) in [5, 5.41) is 10.2. The molecule has 2 N–H and O–H groups in total. The van der Waals surface area contributed by atoms with Crippen molar-refractivity contribution in [3.63, 3.8) is 0 Å². The molecule has 1 aromatic rings. The number of hydrogen-bond donors (Lipinski definition) is 2. The van der Waals surface area contributed by atoms with E-state index in [2.05, 4.69) is 44.0 Å². The number of hydrogen-bond acceptors (Lipinski definition) is 2. The summed E-state index contributed by atoms with van der Waals surface area (Å²) in [6.07, 6.45) is 10.8. The lowest BCUT2D eigenvalue weighted by molar-refractivity contribution is 0.459. The van der Waals surface area contributed by atoms with Gasteiger partial charge in [-0.25, -0.2) is 0 Å². The summed E-state index contributed by atoms with van der Waals surface area (Å²) in [4.78, 5) is 14.7. The van der Waals surface area contributed by atoms with Gasteiger partial charge in [-0.1, -0.05) is 44.1 Å². The summed E-state index contributed by atoms with van der Waals surface area (Å²) >= 11 is 0. The molecule has 0 aliphatic heterocycles. The monoisotopic (exact) mass is 289 g/mol. The second kappa shape index (κ2) is 8.50. The van der Waals surface area contributed by atoms with Crippen LogP contribution in [0.4, 0.5) is 0 Å². The molecule has 0 aliphatic carbocycles. The van der Waals surface area contributed by atoms with Crippen LogP contribution in [0.25, 0.3) is 0 Å². The van der Waals surface area contributed by atoms with Crippen molar-refractivity contribution in [3.05, 3.63) is 51.0 Å². The van der Waals surface area contributed by atoms with Gasteiger partial charge < -0.3 is 10.1 Å². The zero-order valence-corrected chi connectivity index (χ0v) is 13.6. The lowest BCUT2D eigenvalue weighted by Gasteiger charge is -2.11. The number of allylic oxidation sites excluding steroid dienone is 4. The zero-order valence-electron chi connectivity index (χ0n) is 13.6. The average molecular weight is 289 g/mol. The van der Waals surface area contributed by atoms with Gasteiger partial charge in [0, 0.05) is 17.7 Å². The van der Waals surface area contributed by atoms with Crippen molar-refractivity contribution in [1.82, 2.24) is 4.98 Å². The first-order chi connectivity index (χ1) is 10.0. The molecule has 0 radical (unpaired) electrons. The van der Waals surface area contributed by atoms with Gasteiger partial charge in [0.2, 0.25) is 0 Å². The van der Waals surface area contributed by atoms with Crippen molar-refractivity contribution < 1.29 is 5.11 Å². The Balaban J connectivity index is 2.99. The van der Waals surface area contributed by atoms with Crippen LogP contribution in [0.5, 0.6) is 5.75 Å². The highest BCUT2D eigenvalue weighted by Gasteiger charge is 2.12. The predicted octanol–water partition coefficient (Wildman–Crippen LogP) is 4.19. The Bertz CT molecular complexity index is 580. The van der Waals surface area contributed by atoms with Gasteiger partial charge in [-0.2, -0.15) is 0 Å². The predicted molar refractivity (Wildman–Crippen MR) is 89.0 cm³/mol. The van der Waals surface area contributed by atoms with Crippen molar-refractivity contribution in [1.29, 1.82) is 0 Å². The molecule has 0 amide bonds. The van der Waals surface area contributed by atoms with Crippen LogP contribution in [0, 0.1) is 6.92 Å². The quantitative estimate of drug-likeness (QED) is 0.740. The smallest absolute Gasteiger partial charge is 0.254 e. The van der Waals surface area contributed by atoms with Crippen LogP contribution in [0.15, 0.2) is 28.6 Å². The molecular weight excluding hydrogens is 262 g/mol. The highest BCUT2D eigenvalue weighted by atomic mass is 16.3. The number of nitrogens with one attached hydrogen (secondary N) is 1. The van der Waals surface area contributed by atoms with Crippen LogP contribution in [0.1, 0.15) is 56.9 Å². The number of H-pyrrole nitrogens is 1. The minimum absolute atomic E-state index is 0.160. The van der Waals surface area contributed by atoms with E-state index in [0.29, 0.717) is 12.0 Å². The van der Waals surface area contributed by atoms with Crippen molar-refractivity contribution >= 4 is 0 Å². The second-order valence-electron chi connectivity index (χ2n) is 5.47. The van der Waals surface area contributed by atoms with E-state index in [1.54, 1.807) is 6.92 Å². The van der Waals surface area contributed by atoms with Gasteiger partial charge in [0.05, 0.1) is 5.56 Å². The summed E-state index contributed by atoms with van der Waals surface area (Å²) in [5.41, 5.74) is 3.20. The van der Waals surface area contributed by atoms with E-state index < -0.39 is 0 Å². The van der Waals surface area contributed by atoms with E-state index in [1.165, 1.54) is 5.57 Å². The van der Waals surface area contributed by atoms with Crippen molar-refractivity contribution in [2.45, 2.75) is 59.8 Å². The van der Waals surface area contributed by atoms with E-state index >= 15 is 0 Å². The van der Waals surface area contributed by atoms with Crippen LogP contribution in [-0.4, -0.2) is 10.1 Å². The summed E-state index contributed by atoms with van der Waals surface area (Å²) in [7, 11) is 0. The topological polar surface area (TPSA) is 53.1 Å². The molecule has 0 bridgehead atoms. The minimum Gasteiger partial charge on any atom is -0.507 e. The maximum Gasteiger partial charge on any atom is 0.254 e. The second-order valence-corrected chi connectivity index (χ2v) is 5.47. The first kappa shape index (κ1) is 17.3. The Morgan fingerprint density at radius 3 is 2.62 bits per heavy atom. The van der Waals surface area contributed by atoms with Crippen LogP contribution in [-0.2, 0) is 12.8 Å². The molecule has 0 aliphatic rings. The molecular formula is C18H27NO2. The molecule has 1 heterocycles. The Morgan fingerprint density at radius 2 is 2.00 bits per heavy atom. The fourth-order valence-corrected chi connectivity index (χ4v) is 2.27. The van der Waals surface area contributed by atoms with Crippen LogP contribution in [0.3, 0.4) is 0 Å². The molecule has 21 heavy (non-hydrogen) atoms. The molecule has 0 spiro atoms. The number of aromatic hydroxyl groups is 1. The van der Waals surface area contributed by atoms with E-state index in [0.717, 1.165) is 36.9 Å². The molecule has 1 aromatic heterocycles. The lowest BCUT2D eigenvalue weighted by Crippen LogP contribution is -2.15. The van der Waals surface area contributed by atoms with Gasteiger partial charge in [-0.3, -0.25) is 4.79 Å². The number of aromatic amines is 1. The molecule has 0 unspecified atom stereocenters. The van der Waals surface area contributed by atoms with Crippen LogP contribution >= 0.6 is 0 Å².